The highest BCUT2D eigenvalue weighted by atomic mass is 32.2. The van der Waals surface area contributed by atoms with E-state index in [0.29, 0.717) is 10.2 Å². The molecular formula is C9H11N3O4S2. The predicted octanol–water partition coefficient (Wildman–Crippen LogP) is 0.253. The number of aryl methyl sites for hydroxylation is 1. The molecular weight excluding hydrogens is 278 g/mol. The topological polar surface area (TPSA) is 100 Å². The van der Waals surface area contributed by atoms with Crippen LogP contribution in [0.15, 0.2) is 12.1 Å². The van der Waals surface area contributed by atoms with E-state index in [2.05, 4.69) is 4.98 Å². The molecule has 0 aliphatic rings. The maximum absolute atomic E-state index is 11.6. The smallest absolute Gasteiger partial charge is 0.232 e. The van der Waals surface area contributed by atoms with Gasteiger partial charge in [-0.3, -0.25) is 0 Å². The molecule has 1 atom stereocenters. The molecule has 1 heterocycles. The van der Waals surface area contributed by atoms with Gasteiger partial charge in [0.2, 0.25) is 0 Å². The zero-order valence-electron chi connectivity index (χ0n) is 9.95. The lowest BCUT2D eigenvalue weighted by Gasteiger charge is -2.19. The zero-order chi connectivity index (χ0) is 13.9. The van der Waals surface area contributed by atoms with E-state index >= 15 is 0 Å². The van der Waals surface area contributed by atoms with E-state index in [1.54, 1.807) is 19.1 Å². The number of hydrogen-bond donors (Lipinski definition) is 0. The Morgan fingerprint density at radius 3 is 2.56 bits per heavy atom. The van der Waals surface area contributed by atoms with Crippen molar-refractivity contribution >= 4 is 26.9 Å². The van der Waals surface area contributed by atoms with Crippen molar-refractivity contribution in [1.29, 1.82) is 5.26 Å². The first kappa shape index (κ1) is 14.6. The van der Waals surface area contributed by atoms with E-state index in [1.807, 2.05) is 0 Å². The summed E-state index contributed by atoms with van der Waals surface area (Å²) in [5, 5.41) is 8.92. The van der Waals surface area contributed by atoms with Crippen LogP contribution in [-0.4, -0.2) is 30.1 Å². The molecule has 7 nitrogen and oxygen atoms in total. The molecule has 1 aromatic heterocycles. The summed E-state index contributed by atoms with van der Waals surface area (Å²) in [5.41, 5.74) is 0.514. The lowest BCUT2D eigenvalue weighted by molar-refractivity contribution is 0.367. The minimum Gasteiger partial charge on any atom is -0.232 e. The molecule has 0 aromatic carbocycles. The fraction of sp³-hybridized carbons (Fsp3) is 0.333. The van der Waals surface area contributed by atoms with Gasteiger partial charge in [-0.1, -0.05) is 0 Å². The molecule has 1 unspecified atom stereocenters. The molecule has 0 radical (unpaired) electrons. The van der Waals surface area contributed by atoms with Crippen LogP contribution in [0.4, 0.5) is 5.82 Å². The third-order valence-corrected chi connectivity index (χ3v) is 3.08. The fourth-order valence-electron chi connectivity index (χ4n) is 1.11. The van der Waals surface area contributed by atoms with Crippen molar-refractivity contribution in [2.45, 2.75) is 6.92 Å². The minimum absolute atomic E-state index is 0.0106. The van der Waals surface area contributed by atoms with Crippen LogP contribution in [0, 0.1) is 18.3 Å². The summed E-state index contributed by atoms with van der Waals surface area (Å²) in [6.45, 7) is 1.63. The van der Waals surface area contributed by atoms with Crippen molar-refractivity contribution < 1.29 is 16.9 Å². The van der Waals surface area contributed by atoms with Crippen molar-refractivity contribution in [2.75, 3.05) is 17.0 Å². The first-order chi connectivity index (χ1) is 8.25. The maximum atomic E-state index is 11.6. The molecule has 18 heavy (non-hydrogen) atoms. The second kappa shape index (κ2) is 5.43. The normalized spacial score (nSPS) is 12.8. The van der Waals surface area contributed by atoms with Crippen LogP contribution < -0.4 is 4.47 Å². The lowest BCUT2D eigenvalue weighted by atomic mass is 10.2. The zero-order valence-corrected chi connectivity index (χ0v) is 11.6. The van der Waals surface area contributed by atoms with E-state index in [0.717, 1.165) is 6.26 Å². The first-order valence-corrected chi connectivity index (χ1v) is 7.98. The summed E-state index contributed by atoms with van der Waals surface area (Å²) in [4.78, 5) is 3.93. The molecule has 0 saturated heterocycles. The molecule has 0 saturated carbocycles. The lowest BCUT2D eigenvalue weighted by Crippen LogP contribution is -2.32. The molecule has 98 valence electrons. The Bertz CT molecular complexity index is 621. The molecule has 0 aliphatic heterocycles. The van der Waals surface area contributed by atoms with Gasteiger partial charge in [-0.2, -0.15) is 9.55 Å². The monoisotopic (exact) mass is 289 g/mol. The molecule has 1 aromatic rings. The first-order valence-electron chi connectivity index (χ1n) is 4.65. The van der Waals surface area contributed by atoms with E-state index in [4.69, 9.17) is 9.55 Å². The Morgan fingerprint density at radius 1 is 1.50 bits per heavy atom. The van der Waals surface area contributed by atoms with Gasteiger partial charge < -0.3 is 0 Å². The Morgan fingerprint density at radius 2 is 2.11 bits per heavy atom. The number of rotatable bonds is 4. The van der Waals surface area contributed by atoms with E-state index in [1.165, 1.54) is 12.3 Å². The SMILES string of the molecule is Cc1ccc(C#N)c(N(OS(C)=O)S(C)(=O)=O)n1. The summed E-state index contributed by atoms with van der Waals surface area (Å²) in [6.07, 6.45) is 2.03. The van der Waals surface area contributed by atoms with E-state index < -0.39 is 21.1 Å². The summed E-state index contributed by atoms with van der Waals surface area (Å²) >= 11 is -1.86. The number of anilines is 1. The highest BCUT2D eigenvalue weighted by Crippen LogP contribution is 2.21. The summed E-state index contributed by atoms with van der Waals surface area (Å²) in [5.74, 6) is -0.199. The maximum Gasteiger partial charge on any atom is 0.257 e. The van der Waals surface area contributed by atoms with Gasteiger partial charge in [0.25, 0.3) is 10.0 Å². The van der Waals surface area contributed by atoms with Gasteiger partial charge in [-0.25, -0.2) is 17.6 Å². The van der Waals surface area contributed by atoms with Crippen molar-refractivity contribution in [1.82, 2.24) is 4.98 Å². The highest BCUT2D eigenvalue weighted by Gasteiger charge is 2.25. The molecule has 0 amide bonds. The second-order valence-electron chi connectivity index (χ2n) is 3.40. The van der Waals surface area contributed by atoms with Crippen molar-refractivity contribution in [3.8, 4) is 6.07 Å². The van der Waals surface area contributed by atoms with Gasteiger partial charge in [-0.15, -0.1) is 4.47 Å². The Kier molecular flexibility index (Phi) is 4.39. The fourth-order valence-corrected chi connectivity index (χ4v) is 2.53. The van der Waals surface area contributed by atoms with Gasteiger partial charge in [0.15, 0.2) is 16.9 Å². The van der Waals surface area contributed by atoms with Crippen molar-refractivity contribution in [2.24, 2.45) is 0 Å². The molecule has 0 fully saturated rings. The summed E-state index contributed by atoms with van der Waals surface area (Å²) in [7, 11) is -3.86. The van der Waals surface area contributed by atoms with Gasteiger partial charge in [-0.05, 0) is 19.1 Å². The Labute approximate surface area is 108 Å². The molecule has 0 N–H and O–H groups in total. The number of nitrogens with zero attached hydrogens (tertiary/aromatic N) is 3. The van der Waals surface area contributed by atoms with Crippen LogP contribution in [-0.2, 0) is 25.4 Å². The van der Waals surface area contributed by atoms with Crippen molar-refractivity contribution in [3.63, 3.8) is 0 Å². The molecule has 0 bridgehead atoms. The summed E-state index contributed by atoms with van der Waals surface area (Å²) < 4.78 is 39.3. The Balaban J connectivity index is 3.43. The number of aromatic nitrogens is 1. The number of sulfonamides is 1. The standard InChI is InChI=1S/C9H11N3O4S2/c1-7-4-5-8(6-10)9(11-7)12(16-17(2)13)18(3,14)15/h4-5H,1-3H3. The van der Waals surface area contributed by atoms with Crippen LogP contribution in [0.2, 0.25) is 0 Å². The van der Waals surface area contributed by atoms with Crippen LogP contribution in [0.25, 0.3) is 0 Å². The number of nitriles is 1. The molecule has 9 heteroatoms. The van der Waals surface area contributed by atoms with Crippen LogP contribution in [0.5, 0.6) is 0 Å². The van der Waals surface area contributed by atoms with Gasteiger partial charge in [0.1, 0.15) is 6.07 Å². The third kappa shape index (κ3) is 3.49. The minimum atomic E-state index is -3.86. The second-order valence-corrected chi connectivity index (χ2v) is 6.15. The van der Waals surface area contributed by atoms with Crippen LogP contribution in [0.3, 0.4) is 0 Å². The van der Waals surface area contributed by atoms with Gasteiger partial charge in [0.05, 0.1) is 11.8 Å². The quantitative estimate of drug-likeness (QED) is 0.737. The van der Waals surface area contributed by atoms with Crippen LogP contribution >= 0.6 is 0 Å². The van der Waals surface area contributed by atoms with E-state index in [9.17, 15) is 12.6 Å². The number of pyridine rings is 1. The van der Waals surface area contributed by atoms with E-state index in [-0.39, 0.29) is 11.4 Å². The van der Waals surface area contributed by atoms with Gasteiger partial charge >= 0.3 is 0 Å². The molecule has 0 spiro atoms. The average molecular weight is 289 g/mol. The van der Waals surface area contributed by atoms with Gasteiger partial charge in [0, 0.05) is 11.9 Å². The van der Waals surface area contributed by atoms with Crippen molar-refractivity contribution in [3.05, 3.63) is 23.4 Å². The highest BCUT2D eigenvalue weighted by molar-refractivity contribution is 7.92. The molecule has 0 aliphatic carbocycles. The average Bonchev–Trinajstić information content (AvgIpc) is 2.24. The summed E-state index contributed by atoms with van der Waals surface area (Å²) in [6, 6.07) is 4.78. The predicted molar refractivity (Wildman–Crippen MR) is 66.2 cm³/mol. The largest absolute Gasteiger partial charge is 0.257 e. The third-order valence-electron chi connectivity index (χ3n) is 1.78. The van der Waals surface area contributed by atoms with Crippen LogP contribution in [0.1, 0.15) is 11.3 Å². The Hall–Kier alpha value is -1.50. The number of hydrogen-bond acceptors (Lipinski definition) is 6. The molecule has 1 rings (SSSR count).